The Morgan fingerprint density at radius 1 is 0.571 bits per heavy atom. The predicted molar refractivity (Wildman–Crippen MR) is 171 cm³/mol. The zero-order valence-electron chi connectivity index (χ0n) is 27.7. The Labute approximate surface area is 257 Å². The second-order valence-electron chi connectivity index (χ2n) is 12.3. The number of Topliss-reactive ketones (excluding diaryl/α,β-unsaturated/α-hetero) is 1. The molecule has 0 fully saturated rings. The molecule has 7 heteroatoms. The van der Waals surface area contributed by atoms with Crippen molar-refractivity contribution in [3.05, 3.63) is 0 Å². The minimum Gasteiger partial charge on any atom is -0.481 e. The molecule has 0 spiro atoms. The predicted octanol–water partition coefficient (Wildman–Crippen LogP) is 9.30. The fourth-order valence-electron chi connectivity index (χ4n) is 5.47. The molecular weight excluding hydrogens is 530 g/mol. The van der Waals surface area contributed by atoms with Crippen LogP contribution in [0, 0.1) is 11.8 Å². The third kappa shape index (κ3) is 22.6. The van der Waals surface area contributed by atoms with Gasteiger partial charge in [0.05, 0.1) is 5.92 Å². The van der Waals surface area contributed by atoms with Crippen LogP contribution in [-0.2, 0) is 23.9 Å². The highest BCUT2D eigenvalue weighted by molar-refractivity contribution is 6.00. The van der Waals surface area contributed by atoms with Crippen LogP contribution < -0.4 is 5.32 Å². The first-order valence-corrected chi connectivity index (χ1v) is 17.5. The molecule has 0 saturated heterocycles. The van der Waals surface area contributed by atoms with E-state index in [0.717, 1.165) is 38.5 Å². The maximum atomic E-state index is 12.7. The summed E-state index contributed by atoms with van der Waals surface area (Å²) < 4.78 is 5.27. The zero-order valence-corrected chi connectivity index (χ0v) is 27.7. The van der Waals surface area contributed by atoms with Crippen LogP contribution in [0.5, 0.6) is 0 Å². The van der Waals surface area contributed by atoms with Gasteiger partial charge in [0.25, 0.3) is 0 Å². The van der Waals surface area contributed by atoms with Crippen molar-refractivity contribution in [2.75, 3.05) is 0 Å². The minimum absolute atomic E-state index is 0.213. The normalized spacial score (nSPS) is 13.3. The lowest BCUT2D eigenvalue weighted by atomic mass is 9.96. The van der Waals surface area contributed by atoms with Crippen molar-refractivity contribution in [1.82, 2.24) is 5.32 Å². The second-order valence-corrected chi connectivity index (χ2v) is 12.3. The number of nitrogens with one attached hydrogen (secondary N) is 1. The number of aliphatic carboxylic acids is 1. The van der Waals surface area contributed by atoms with Gasteiger partial charge in [0.1, 0.15) is 5.78 Å². The van der Waals surface area contributed by atoms with E-state index in [1.54, 1.807) is 0 Å². The van der Waals surface area contributed by atoms with Crippen LogP contribution in [-0.4, -0.2) is 35.0 Å². The number of amides is 1. The molecule has 0 aliphatic rings. The van der Waals surface area contributed by atoms with E-state index in [-0.39, 0.29) is 12.2 Å². The maximum Gasteiger partial charge on any atom is 0.322 e. The molecule has 0 aromatic rings. The Bertz CT molecular complexity index is 710. The van der Waals surface area contributed by atoms with E-state index in [2.05, 4.69) is 19.2 Å². The Morgan fingerprint density at radius 3 is 1.24 bits per heavy atom. The molecule has 0 radical (unpaired) electrons. The highest BCUT2D eigenvalue weighted by Gasteiger charge is 2.30. The molecule has 7 nitrogen and oxygen atoms in total. The zero-order chi connectivity index (χ0) is 31.4. The monoisotopic (exact) mass is 595 g/mol. The van der Waals surface area contributed by atoms with E-state index in [1.165, 1.54) is 110 Å². The summed E-state index contributed by atoms with van der Waals surface area (Å²) in [6.07, 6.45) is 25.6. The van der Waals surface area contributed by atoms with Gasteiger partial charge in [-0.25, -0.2) is 0 Å². The first-order chi connectivity index (χ1) is 20.2. The van der Waals surface area contributed by atoms with Gasteiger partial charge in [-0.3, -0.25) is 19.2 Å². The number of carbonyl (C=O) groups excluding carboxylic acids is 3. The van der Waals surface area contributed by atoms with Crippen molar-refractivity contribution in [1.29, 1.82) is 0 Å². The average Bonchev–Trinajstić information content (AvgIpc) is 2.93. The molecule has 246 valence electrons. The molecule has 0 saturated carbocycles. The minimum atomic E-state index is -1.25. The first kappa shape index (κ1) is 40.1. The number of esters is 1. The lowest BCUT2D eigenvalue weighted by Gasteiger charge is -2.20. The topological polar surface area (TPSA) is 110 Å². The van der Waals surface area contributed by atoms with Crippen molar-refractivity contribution in [2.24, 2.45) is 11.8 Å². The van der Waals surface area contributed by atoms with Crippen LogP contribution in [0.25, 0.3) is 0 Å². The number of carboxylic acid groups (broad SMARTS) is 1. The van der Waals surface area contributed by atoms with Crippen LogP contribution in [0.1, 0.15) is 182 Å². The number of ketones is 1. The summed E-state index contributed by atoms with van der Waals surface area (Å²) in [5.74, 6) is -4.75. The SMILES string of the molecule is CCCCCCCCCCCCCCCCC(C(=O)O)C(=O)OC(C)NC(=O)C(CCCCCCCCCC)C(C)=O. The molecule has 3 atom stereocenters. The van der Waals surface area contributed by atoms with Crippen molar-refractivity contribution in [3.8, 4) is 0 Å². The molecule has 0 aromatic heterocycles. The van der Waals surface area contributed by atoms with Gasteiger partial charge in [0.15, 0.2) is 12.1 Å². The van der Waals surface area contributed by atoms with Gasteiger partial charge in [0, 0.05) is 0 Å². The van der Waals surface area contributed by atoms with E-state index in [1.807, 2.05) is 0 Å². The molecule has 2 N–H and O–H groups in total. The maximum absolute atomic E-state index is 12.7. The van der Waals surface area contributed by atoms with Crippen LogP contribution >= 0.6 is 0 Å². The summed E-state index contributed by atoms with van der Waals surface area (Å²) in [6, 6.07) is 0. The third-order valence-corrected chi connectivity index (χ3v) is 8.22. The Morgan fingerprint density at radius 2 is 0.905 bits per heavy atom. The van der Waals surface area contributed by atoms with Gasteiger partial charge >= 0.3 is 11.9 Å². The molecule has 0 rings (SSSR count). The summed E-state index contributed by atoms with van der Waals surface area (Å²) in [7, 11) is 0. The summed E-state index contributed by atoms with van der Waals surface area (Å²) in [4.78, 5) is 49.1. The lowest BCUT2D eigenvalue weighted by molar-refractivity contribution is -0.163. The van der Waals surface area contributed by atoms with Crippen LogP contribution in [0.15, 0.2) is 0 Å². The highest BCUT2D eigenvalue weighted by Crippen LogP contribution is 2.18. The number of unbranched alkanes of at least 4 members (excludes halogenated alkanes) is 20. The summed E-state index contributed by atoms with van der Waals surface area (Å²) in [5, 5.41) is 12.2. The fourth-order valence-corrected chi connectivity index (χ4v) is 5.47. The van der Waals surface area contributed by atoms with Gasteiger partial charge in [0.2, 0.25) is 5.91 Å². The second kappa shape index (κ2) is 27.9. The smallest absolute Gasteiger partial charge is 0.322 e. The van der Waals surface area contributed by atoms with Crippen molar-refractivity contribution >= 4 is 23.6 Å². The molecular formula is C35H65NO6. The Kier molecular flexibility index (Phi) is 26.6. The molecule has 42 heavy (non-hydrogen) atoms. The summed E-state index contributed by atoms with van der Waals surface area (Å²) >= 11 is 0. The van der Waals surface area contributed by atoms with Gasteiger partial charge < -0.3 is 15.2 Å². The molecule has 0 bridgehead atoms. The standard InChI is InChI=1S/C35H65NO6/c1-5-7-9-11-13-15-16-17-18-19-20-22-24-26-28-32(34(39)40)35(41)42-30(4)36-33(38)31(29(3)37)27-25-23-21-14-12-10-8-6-2/h30-32H,5-28H2,1-4H3,(H,36,38)(H,39,40). The fraction of sp³-hybridized carbons (Fsp3) is 0.886. The van der Waals surface area contributed by atoms with Gasteiger partial charge in [-0.15, -0.1) is 0 Å². The largest absolute Gasteiger partial charge is 0.481 e. The number of carboxylic acids is 1. The first-order valence-electron chi connectivity index (χ1n) is 17.5. The van der Waals surface area contributed by atoms with Crippen molar-refractivity contribution < 1.29 is 29.0 Å². The van der Waals surface area contributed by atoms with Crippen LogP contribution in [0.3, 0.4) is 0 Å². The van der Waals surface area contributed by atoms with Gasteiger partial charge in [-0.05, 0) is 26.7 Å². The van der Waals surface area contributed by atoms with Crippen LogP contribution in [0.4, 0.5) is 0 Å². The van der Waals surface area contributed by atoms with Crippen LogP contribution in [0.2, 0.25) is 0 Å². The molecule has 1 amide bonds. The Hall–Kier alpha value is -1.92. The lowest BCUT2D eigenvalue weighted by Crippen LogP contribution is -2.43. The molecule has 3 unspecified atom stereocenters. The molecule has 0 aliphatic heterocycles. The summed E-state index contributed by atoms with van der Waals surface area (Å²) in [5.41, 5.74) is 0. The number of ether oxygens (including phenoxy) is 1. The highest BCUT2D eigenvalue weighted by atomic mass is 16.6. The van der Waals surface area contributed by atoms with Gasteiger partial charge in [-0.1, -0.05) is 155 Å². The molecule has 0 aliphatic carbocycles. The number of hydrogen-bond acceptors (Lipinski definition) is 5. The van der Waals surface area contributed by atoms with E-state index < -0.39 is 35.9 Å². The van der Waals surface area contributed by atoms with E-state index in [4.69, 9.17) is 4.74 Å². The van der Waals surface area contributed by atoms with Gasteiger partial charge in [-0.2, -0.15) is 0 Å². The number of carbonyl (C=O) groups is 4. The number of hydrogen-bond donors (Lipinski definition) is 2. The van der Waals surface area contributed by atoms with Crippen molar-refractivity contribution in [3.63, 3.8) is 0 Å². The molecule has 0 aromatic carbocycles. The Balaban J connectivity index is 4.18. The van der Waals surface area contributed by atoms with E-state index >= 15 is 0 Å². The number of rotatable bonds is 30. The summed E-state index contributed by atoms with van der Waals surface area (Å²) in [6.45, 7) is 7.34. The van der Waals surface area contributed by atoms with E-state index in [9.17, 15) is 24.3 Å². The van der Waals surface area contributed by atoms with Crippen molar-refractivity contribution in [2.45, 2.75) is 188 Å². The van der Waals surface area contributed by atoms with E-state index in [0.29, 0.717) is 12.8 Å². The quantitative estimate of drug-likeness (QED) is 0.0370. The molecule has 0 heterocycles. The third-order valence-electron chi connectivity index (χ3n) is 8.22. The average molecular weight is 596 g/mol.